The predicted octanol–water partition coefficient (Wildman–Crippen LogP) is 2.29. The molecule has 0 aromatic heterocycles. The number of rotatable bonds is 6. The number of benzene rings is 1. The highest BCUT2D eigenvalue weighted by atomic mass is 16.5. The van der Waals surface area contributed by atoms with Crippen molar-refractivity contribution >= 4 is 5.91 Å². The van der Waals surface area contributed by atoms with Crippen LogP contribution in [0.15, 0.2) is 30.3 Å². The lowest BCUT2D eigenvalue weighted by Gasteiger charge is -2.27. The van der Waals surface area contributed by atoms with E-state index in [1.807, 2.05) is 37.3 Å². The zero-order chi connectivity index (χ0) is 15.1. The van der Waals surface area contributed by atoms with Crippen LogP contribution in [0.4, 0.5) is 0 Å². The maximum Gasteiger partial charge on any atom is 0.223 e. The molecule has 1 aliphatic heterocycles. The van der Waals surface area contributed by atoms with Crippen molar-refractivity contribution in [3.63, 3.8) is 0 Å². The summed E-state index contributed by atoms with van der Waals surface area (Å²) in [7, 11) is 0. The van der Waals surface area contributed by atoms with E-state index in [2.05, 4.69) is 5.32 Å². The van der Waals surface area contributed by atoms with Crippen molar-refractivity contribution in [3.8, 4) is 0 Å². The molecule has 0 spiro atoms. The fourth-order valence-electron chi connectivity index (χ4n) is 2.76. The summed E-state index contributed by atoms with van der Waals surface area (Å²) in [4.78, 5) is 12.1. The van der Waals surface area contributed by atoms with E-state index in [9.17, 15) is 9.90 Å². The van der Waals surface area contributed by atoms with Gasteiger partial charge in [0.1, 0.15) is 0 Å². The molecule has 21 heavy (non-hydrogen) atoms. The highest BCUT2D eigenvalue weighted by Gasteiger charge is 2.25. The number of ether oxygens (including phenoxy) is 1. The second-order valence-electron chi connectivity index (χ2n) is 5.74. The Bertz CT molecular complexity index is 429. The summed E-state index contributed by atoms with van der Waals surface area (Å²) in [6, 6.07) is 9.54. The zero-order valence-corrected chi connectivity index (χ0v) is 12.6. The average Bonchev–Trinajstić information content (AvgIpc) is 2.55. The predicted molar refractivity (Wildman–Crippen MR) is 81.7 cm³/mol. The van der Waals surface area contributed by atoms with Gasteiger partial charge in [0, 0.05) is 25.7 Å². The molecule has 4 heteroatoms. The summed E-state index contributed by atoms with van der Waals surface area (Å²) in [5, 5.41) is 13.0. The molecule has 1 aromatic carbocycles. The van der Waals surface area contributed by atoms with Crippen LogP contribution in [0.3, 0.4) is 0 Å². The molecule has 2 unspecified atom stereocenters. The second-order valence-corrected chi connectivity index (χ2v) is 5.74. The van der Waals surface area contributed by atoms with E-state index in [0.717, 1.165) is 31.6 Å². The van der Waals surface area contributed by atoms with Crippen LogP contribution in [0.5, 0.6) is 0 Å². The number of aliphatic hydroxyl groups excluding tert-OH is 1. The lowest BCUT2D eigenvalue weighted by atomic mass is 9.87. The van der Waals surface area contributed by atoms with Crippen LogP contribution in [0.25, 0.3) is 0 Å². The molecule has 2 atom stereocenters. The van der Waals surface area contributed by atoms with Gasteiger partial charge in [0.25, 0.3) is 0 Å². The van der Waals surface area contributed by atoms with Gasteiger partial charge in [0.15, 0.2) is 0 Å². The smallest absolute Gasteiger partial charge is 0.223 e. The monoisotopic (exact) mass is 291 g/mol. The van der Waals surface area contributed by atoms with Crippen molar-refractivity contribution in [1.29, 1.82) is 0 Å². The van der Waals surface area contributed by atoms with E-state index in [1.165, 1.54) is 0 Å². The normalized spacial score (nSPS) is 19.0. The Morgan fingerprint density at radius 3 is 2.67 bits per heavy atom. The summed E-state index contributed by atoms with van der Waals surface area (Å²) in [5.41, 5.74) is 0.893. The maximum atomic E-state index is 12.1. The molecule has 1 aliphatic rings. The molecule has 1 heterocycles. The molecule has 1 amide bonds. The molecule has 2 N–H and O–H groups in total. The number of aliphatic hydroxyl groups is 1. The molecule has 0 saturated carbocycles. The van der Waals surface area contributed by atoms with Gasteiger partial charge in [-0.2, -0.15) is 0 Å². The fourth-order valence-corrected chi connectivity index (χ4v) is 2.76. The lowest BCUT2D eigenvalue weighted by molar-refractivity contribution is -0.127. The Balaban J connectivity index is 1.71. The Morgan fingerprint density at radius 2 is 2.00 bits per heavy atom. The molecule has 0 bridgehead atoms. The molecule has 1 fully saturated rings. The first-order chi connectivity index (χ1) is 10.2. The SMILES string of the molecule is CC(C(=O)NCCC(O)c1ccccc1)C1CCOCC1. The third-order valence-electron chi connectivity index (χ3n) is 4.29. The van der Waals surface area contributed by atoms with Crippen molar-refractivity contribution in [2.24, 2.45) is 11.8 Å². The Labute approximate surface area is 126 Å². The molecular formula is C17H25NO3. The summed E-state index contributed by atoms with van der Waals surface area (Å²) < 4.78 is 5.33. The summed E-state index contributed by atoms with van der Waals surface area (Å²) in [6.45, 7) is 4.01. The van der Waals surface area contributed by atoms with E-state index in [0.29, 0.717) is 18.9 Å². The van der Waals surface area contributed by atoms with E-state index >= 15 is 0 Å². The van der Waals surface area contributed by atoms with E-state index < -0.39 is 6.10 Å². The molecule has 116 valence electrons. The third kappa shape index (κ3) is 4.83. The average molecular weight is 291 g/mol. The van der Waals surface area contributed by atoms with Crippen molar-refractivity contribution in [1.82, 2.24) is 5.32 Å². The lowest BCUT2D eigenvalue weighted by Crippen LogP contribution is -2.36. The molecule has 0 aliphatic carbocycles. The molecule has 4 nitrogen and oxygen atoms in total. The second kappa shape index (κ2) is 8.15. The number of hydrogen-bond donors (Lipinski definition) is 2. The Kier molecular flexibility index (Phi) is 6.21. The topological polar surface area (TPSA) is 58.6 Å². The van der Waals surface area contributed by atoms with Crippen molar-refractivity contribution in [2.75, 3.05) is 19.8 Å². The van der Waals surface area contributed by atoms with Crippen molar-refractivity contribution in [3.05, 3.63) is 35.9 Å². The van der Waals surface area contributed by atoms with Crippen LogP contribution in [0.2, 0.25) is 0 Å². The molecule has 0 radical (unpaired) electrons. The zero-order valence-electron chi connectivity index (χ0n) is 12.6. The van der Waals surface area contributed by atoms with Gasteiger partial charge in [-0.1, -0.05) is 37.3 Å². The van der Waals surface area contributed by atoms with E-state index in [4.69, 9.17) is 4.74 Å². The minimum absolute atomic E-state index is 0.0165. The Hall–Kier alpha value is -1.39. The molecule has 1 saturated heterocycles. The van der Waals surface area contributed by atoms with Gasteiger partial charge >= 0.3 is 0 Å². The largest absolute Gasteiger partial charge is 0.388 e. The van der Waals surface area contributed by atoms with Gasteiger partial charge in [-0.05, 0) is 30.7 Å². The van der Waals surface area contributed by atoms with Crippen LogP contribution in [-0.2, 0) is 9.53 Å². The van der Waals surface area contributed by atoms with E-state index in [1.54, 1.807) is 0 Å². The van der Waals surface area contributed by atoms with Gasteiger partial charge in [-0.15, -0.1) is 0 Å². The minimum Gasteiger partial charge on any atom is -0.388 e. The van der Waals surface area contributed by atoms with Gasteiger partial charge in [-0.3, -0.25) is 4.79 Å². The van der Waals surface area contributed by atoms with Gasteiger partial charge in [-0.25, -0.2) is 0 Å². The number of carbonyl (C=O) groups excluding carboxylic acids is 1. The highest BCUT2D eigenvalue weighted by molar-refractivity contribution is 5.78. The standard InChI is InChI=1S/C17H25NO3/c1-13(14-8-11-21-12-9-14)17(20)18-10-7-16(19)15-5-3-2-4-6-15/h2-6,13-14,16,19H,7-12H2,1H3,(H,18,20). The third-order valence-corrected chi connectivity index (χ3v) is 4.29. The summed E-state index contributed by atoms with van der Waals surface area (Å²) in [5.74, 6) is 0.516. The number of carbonyl (C=O) groups is 1. The van der Waals surface area contributed by atoms with Crippen LogP contribution in [0, 0.1) is 11.8 Å². The summed E-state index contributed by atoms with van der Waals surface area (Å²) >= 11 is 0. The minimum atomic E-state index is -0.523. The number of hydrogen-bond acceptors (Lipinski definition) is 3. The van der Waals surface area contributed by atoms with Gasteiger partial charge in [0.2, 0.25) is 5.91 Å². The first-order valence-electron chi connectivity index (χ1n) is 7.77. The highest BCUT2D eigenvalue weighted by Crippen LogP contribution is 2.23. The van der Waals surface area contributed by atoms with Crippen molar-refractivity contribution < 1.29 is 14.6 Å². The molecule has 2 rings (SSSR count). The van der Waals surface area contributed by atoms with Gasteiger partial charge in [0.05, 0.1) is 6.10 Å². The first-order valence-corrected chi connectivity index (χ1v) is 7.77. The fraction of sp³-hybridized carbons (Fsp3) is 0.588. The van der Waals surface area contributed by atoms with Gasteiger partial charge < -0.3 is 15.2 Å². The first kappa shape index (κ1) is 16.0. The van der Waals surface area contributed by atoms with Crippen LogP contribution < -0.4 is 5.32 Å². The quantitative estimate of drug-likeness (QED) is 0.845. The van der Waals surface area contributed by atoms with Crippen LogP contribution in [-0.4, -0.2) is 30.8 Å². The molecule has 1 aromatic rings. The van der Waals surface area contributed by atoms with Crippen molar-refractivity contribution in [2.45, 2.75) is 32.3 Å². The van der Waals surface area contributed by atoms with Crippen LogP contribution in [0.1, 0.15) is 37.9 Å². The number of amides is 1. The van der Waals surface area contributed by atoms with E-state index in [-0.39, 0.29) is 11.8 Å². The summed E-state index contributed by atoms with van der Waals surface area (Å²) in [6.07, 6.45) is 1.93. The molecular weight excluding hydrogens is 266 g/mol. The number of nitrogens with one attached hydrogen (secondary N) is 1. The Morgan fingerprint density at radius 1 is 1.33 bits per heavy atom. The van der Waals surface area contributed by atoms with Crippen LogP contribution >= 0.6 is 0 Å². The maximum absolute atomic E-state index is 12.1.